The quantitative estimate of drug-likeness (QED) is 0.504. The lowest BCUT2D eigenvalue weighted by Crippen LogP contribution is -2.29. The Labute approximate surface area is 127 Å². The molecule has 2 aromatic carbocycles. The van der Waals surface area contributed by atoms with Crippen LogP contribution in [-0.2, 0) is 16.1 Å². The van der Waals surface area contributed by atoms with E-state index in [4.69, 9.17) is 4.74 Å². The Bertz CT molecular complexity index is 658. The summed E-state index contributed by atoms with van der Waals surface area (Å²) in [6, 6.07) is 14.8. The summed E-state index contributed by atoms with van der Waals surface area (Å²) in [6.07, 6.45) is 0. The molecule has 0 aliphatic heterocycles. The third-order valence-electron chi connectivity index (χ3n) is 3.20. The van der Waals surface area contributed by atoms with Gasteiger partial charge in [0.2, 0.25) is 0 Å². The molecule has 114 valence electrons. The molecule has 0 saturated heterocycles. The molecule has 0 aromatic heterocycles. The van der Waals surface area contributed by atoms with Crippen LogP contribution < -0.4 is 5.32 Å². The fraction of sp³-hybridized carbons (Fsp3) is 0.188. The molecular formula is C16H16N2O4. The summed E-state index contributed by atoms with van der Waals surface area (Å²) >= 11 is 0. The van der Waals surface area contributed by atoms with Crippen molar-refractivity contribution in [3.63, 3.8) is 0 Å². The van der Waals surface area contributed by atoms with Gasteiger partial charge in [-0.25, -0.2) is 4.79 Å². The number of methoxy groups -OCH3 is 1. The van der Waals surface area contributed by atoms with Crippen LogP contribution in [0.2, 0.25) is 0 Å². The number of non-ortho nitro benzene ring substituents is 1. The standard InChI is InChI=1S/C16H16N2O4/c1-22-16(19)15(13-7-3-2-4-8-13)17-11-12-6-5-9-14(10-12)18(20)21/h2-10,15,17H,11H2,1H3/t15-/m0/s1. The summed E-state index contributed by atoms with van der Waals surface area (Å²) in [6.45, 7) is 0.316. The van der Waals surface area contributed by atoms with E-state index in [0.717, 1.165) is 11.1 Å². The zero-order valence-corrected chi connectivity index (χ0v) is 12.1. The Morgan fingerprint density at radius 3 is 2.59 bits per heavy atom. The lowest BCUT2D eigenvalue weighted by atomic mass is 10.1. The van der Waals surface area contributed by atoms with Crippen LogP contribution >= 0.6 is 0 Å². The summed E-state index contributed by atoms with van der Waals surface area (Å²) in [5.41, 5.74) is 1.52. The lowest BCUT2D eigenvalue weighted by Gasteiger charge is -2.16. The monoisotopic (exact) mass is 300 g/mol. The topological polar surface area (TPSA) is 81.5 Å². The molecule has 0 spiro atoms. The molecule has 6 heteroatoms. The van der Waals surface area contributed by atoms with E-state index >= 15 is 0 Å². The smallest absolute Gasteiger partial charge is 0.327 e. The SMILES string of the molecule is COC(=O)[C@@H](NCc1cccc([N+](=O)[O-])c1)c1ccccc1. The van der Waals surface area contributed by atoms with Gasteiger partial charge in [0, 0.05) is 18.7 Å². The van der Waals surface area contributed by atoms with Gasteiger partial charge in [0.25, 0.3) is 5.69 Å². The second kappa shape index (κ2) is 7.33. The first-order valence-electron chi connectivity index (χ1n) is 6.71. The van der Waals surface area contributed by atoms with Crippen LogP contribution in [0, 0.1) is 10.1 Å². The van der Waals surface area contributed by atoms with Crippen LogP contribution in [0.3, 0.4) is 0 Å². The zero-order chi connectivity index (χ0) is 15.9. The highest BCUT2D eigenvalue weighted by Gasteiger charge is 2.20. The van der Waals surface area contributed by atoms with Crippen molar-refractivity contribution in [2.75, 3.05) is 7.11 Å². The largest absolute Gasteiger partial charge is 0.468 e. The average Bonchev–Trinajstić information content (AvgIpc) is 2.56. The number of nitrogens with one attached hydrogen (secondary N) is 1. The number of benzene rings is 2. The number of ether oxygens (including phenoxy) is 1. The highest BCUT2D eigenvalue weighted by molar-refractivity contribution is 5.77. The van der Waals surface area contributed by atoms with Crippen LogP contribution in [0.1, 0.15) is 17.2 Å². The molecular weight excluding hydrogens is 284 g/mol. The number of esters is 1. The number of hydrogen-bond donors (Lipinski definition) is 1. The van der Waals surface area contributed by atoms with Crippen molar-refractivity contribution in [3.05, 3.63) is 75.8 Å². The Kier molecular flexibility index (Phi) is 5.21. The van der Waals surface area contributed by atoms with Crippen LogP contribution in [0.5, 0.6) is 0 Å². The molecule has 0 aliphatic carbocycles. The molecule has 22 heavy (non-hydrogen) atoms. The molecule has 0 bridgehead atoms. The molecule has 0 amide bonds. The minimum Gasteiger partial charge on any atom is -0.468 e. The van der Waals surface area contributed by atoms with Crippen molar-refractivity contribution >= 4 is 11.7 Å². The Morgan fingerprint density at radius 2 is 1.95 bits per heavy atom. The Balaban J connectivity index is 2.13. The lowest BCUT2D eigenvalue weighted by molar-refractivity contribution is -0.384. The van der Waals surface area contributed by atoms with Gasteiger partial charge in [0.15, 0.2) is 0 Å². The maximum absolute atomic E-state index is 11.9. The number of rotatable bonds is 6. The molecule has 2 aromatic rings. The predicted molar refractivity (Wildman–Crippen MR) is 81.1 cm³/mol. The van der Waals surface area contributed by atoms with Gasteiger partial charge in [-0.1, -0.05) is 42.5 Å². The fourth-order valence-electron chi connectivity index (χ4n) is 2.10. The van der Waals surface area contributed by atoms with Crippen molar-refractivity contribution in [1.29, 1.82) is 0 Å². The summed E-state index contributed by atoms with van der Waals surface area (Å²) in [7, 11) is 1.33. The second-order valence-corrected chi connectivity index (χ2v) is 4.67. The van der Waals surface area contributed by atoms with E-state index in [2.05, 4.69) is 5.32 Å². The van der Waals surface area contributed by atoms with Gasteiger partial charge in [0.05, 0.1) is 12.0 Å². The first kappa shape index (κ1) is 15.7. The molecule has 2 rings (SSSR count). The fourth-order valence-corrected chi connectivity index (χ4v) is 2.10. The van der Waals surface area contributed by atoms with E-state index in [9.17, 15) is 14.9 Å². The molecule has 1 N–H and O–H groups in total. The molecule has 0 radical (unpaired) electrons. The molecule has 0 saturated carbocycles. The van der Waals surface area contributed by atoms with Crippen molar-refractivity contribution in [2.24, 2.45) is 0 Å². The predicted octanol–water partition coefficient (Wildman–Crippen LogP) is 2.60. The third kappa shape index (κ3) is 3.89. The van der Waals surface area contributed by atoms with Crippen molar-refractivity contribution in [2.45, 2.75) is 12.6 Å². The number of carbonyl (C=O) groups excluding carboxylic acids is 1. The van der Waals surface area contributed by atoms with E-state index in [1.807, 2.05) is 30.3 Å². The van der Waals surface area contributed by atoms with Crippen LogP contribution in [0.4, 0.5) is 5.69 Å². The highest BCUT2D eigenvalue weighted by atomic mass is 16.6. The summed E-state index contributed by atoms with van der Waals surface area (Å²) in [4.78, 5) is 22.2. The third-order valence-corrected chi connectivity index (χ3v) is 3.20. The van der Waals surface area contributed by atoms with Crippen molar-refractivity contribution in [1.82, 2.24) is 5.32 Å². The molecule has 0 fully saturated rings. The first-order chi connectivity index (χ1) is 10.6. The number of carbonyl (C=O) groups is 1. The minimum absolute atomic E-state index is 0.0219. The van der Waals surface area contributed by atoms with Crippen LogP contribution in [0.25, 0.3) is 0 Å². The average molecular weight is 300 g/mol. The first-order valence-corrected chi connectivity index (χ1v) is 6.71. The van der Waals surface area contributed by atoms with Crippen molar-refractivity contribution in [3.8, 4) is 0 Å². The van der Waals surface area contributed by atoms with E-state index in [1.54, 1.807) is 12.1 Å². The Morgan fingerprint density at radius 1 is 1.23 bits per heavy atom. The number of hydrogen-bond acceptors (Lipinski definition) is 5. The minimum atomic E-state index is -0.620. The summed E-state index contributed by atoms with van der Waals surface area (Å²) in [5.74, 6) is -0.406. The number of nitro benzene ring substituents is 1. The van der Waals surface area contributed by atoms with Gasteiger partial charge in [-0.05, 0) is 11.1 Å². The highest BCUT2D eigenvalue weighted by Crippen LogP contribution is 2.17. The maximum Gasteiger partial charge on any atom is 0.327 e. The molecule has 0 unspecified atom stereocenters. The van der Waals surface area contributed by atoms with E-state index in [-0.39, 0.29) is 5.69 Å². The van der Waals surface area contributed by atoms with Gasteiger partial charge in [-0.3, -0.25) is 15.4 Å². The number of nitrogens with zero attached hydrogens (tertiary/aromatic N) is 1. The van der Waals surface area contributed by atoms with Crippen LogP contribution in [0.15, 0.2) is 54.6 Å². The van der Waals surface area contributed by atoms with Crippen molar-refractivity contribution < 1.29 is 14.5 Å². The van der Waals surface area contributed by atoms with E-state index < -0.39 is 16.9 Å². The molecule has 1 atom stereocenters. The zero-order valence-electron chi connectivity index (χ0n) is 12.1. The van der Waals surface area contributed by atoms with Gasteiger partial charge in [-0.15, -0.1) is 0 Å². The normalized spacial score (nSPS) is 11.7. The summed E-state index contributed by atoms with van der Waals surface area (Å²) < 4.78 is 4.81. The maximum atomic E-state index is 11.9. The van der Waals surface area contributed by atoms with Gasteiger partial charge in [0.1, 0.15) is 6.04 Å². The Hall–Kier alpha value is -2.73. The number of nitro groups is 1. The molecule has 0 aliphatic rings. The van der Waals surface area contributed by atoms with Gasteiger partial charge < -0.3 is 4.74 Å². The summed E-state index contributed by atoms with van der Waals surface area (Å²) in [5, 5.41) is 13.9. The van der Waals surface area contributed by atoms with Crippen LogP contribution in [-0.4, -0.2) is 18.0 Å². The molecule has 6 nitrogen and oxygen atoms in total. The van der Waals surface area contributed by atoms with Gasteiger partial charge >= 0.3 is 5.97 Å². The second-order valence-electron chi connectivity index (χ2n) is 4.67. The molecule has 0 heterocycles. The van der Waals surface area contributed by atoms with E-state index in [0.29, 0.717) is 6.54 Å². The van der Waals surface area contributed by atoms with E-state index in [1.165, 1.54) is 19.2 Å². The van der Waals surface area contributed by atoms with Gasteiger partial charge in [-0.2, -0.15) is 0 Å².